The topological polar surface area (TPSA) is 51.1 Å². The van der Waals surface area contributed by atoms with E-state index in [2.05, 4.69) is 15.0 Å². The summed E-state index contributed by atoms with van der Waals surface area (Å²) in [6.07, 6.45) is 0. The molecule has 0 saturated carbocycles. The van der Waals surface area contributed by atoms with Crippen molar-refractivity contribution in [3.8, 4) is 17.1 Å². The van der Waals surface area contributed by atoms with Crippen molar-refractivity contribution in [2.75, 3.05) is 25.1 Å². The van der Waals surface area contributed by atoms with E-state index in [0.29, 0.717) is 11.7 Å². The lowest BCUT2D eigenvalue weighted by molar-refractivity contribution is 0.411. The van der Waals surface area contributed by atoms with Gasteiger partial charge in [0.05, 0.1) is 12.7 Å². The van der Waals surface area contributed by atoms with Gasteiger partial charge in [0.2, 0.25) is 11.2 Å². The number of halogens is 2. The number of rotatable bonds is 5. The third-order valence-corrected chi connectivity index (χ3v) is 3.23. The van der Waals surface area contributed by atoms with E-state index in [0.717, 1.165) is 13.1 Å². The summed E-state index contributed by atoms with van der Waals surface area (Å²) < 4.78 is 19.1. The molecule has 2 aromatic rings. The van der Waals surface area contributed by atoms with Gasteiger partial charge in [0.15, 0.2) is 5.82 Å². The Morgan fingerprint density at radius 1 is 1.19 bits per heavy atom. The van der Waals surface area contributed by atoms with Crippen LogP contribution in [0.5, 0.6) is 5.75 Å². The number of aromatic nitrogens is 3. The van der Waals surface area contributed by atoms with E-state index in [9.17, 15) is 4.39 Å². The highest BCUT2D eigenvalue weighted by Crippen LogP contribution is 2.25. The van der Waals surface area contributed by atoms with Gasteiger partial charge in [-0.25, -0.2) is 4.39 Å². The minimum atomic E-state index is -0.470. The summed E-state index contributed by atoms with van der Waals surface area (Å²) in [6.45, 7) is 5.41. The molecule has 112 valence electrons. The molecule has 5 nitrogen and oxygen atoms in total. The fraction of sp³-hybridized carbons (Fsp3) is 0.357. The van der Waals surface area contributed by atoms with Gasteiger partial charge >= 0.3 is 0 Å². The lowest BCUT2D eigenvalue weighted by atomic mass is 10.2. The zero-order valence-corrected chi connectivity index (χ0v) is 12.9. The van der Waals surface area contributed by atoms with Crippen molar-refractivity contribution in [3.05, 3.63) is 29.3 Å². The molecule has 0 saturated heterocycles. The van der Waals surface area contributed by atoms with Crippen LogP contribution >= 0.6 is 11.6 Å². The molecular formula is C14H16ClFN4O. The normalized spacial score (nSPS) is 10.5. The van der Waals surface area contributed by atoms with Crippen LogP contribution in [-0.2, 0) is 0 Å². The molecule has 0 aliphatic rings. The number of methoxy groups -OCH3 is 1. The van der Waals surface area contributed by atoms with Crippen molar-refractivity contribution in [1.29, 1.82) is 0 Å². The van der Waals surface area contributed by atoms with Crippen LogP contribution in [0.3, 0.4) is 0 Å². The quantitative estimate of drug-likeness (QED) is 0.849. The largest absolute Gasteiger partial charge is 0.497 e. The summed E-state index contributed by atoms with van der Waals surface area (Å²) in [7, 11) is 1.48. The van der Waals surface area contributed by atoms with Crippen LogP contribution in [0.15, 0.2) is 18.2 Å². The molecule has 0 fully saturated rings. The Morgan fingerprint density at radius 2 is 1.90 bits per heavy atom. The lowest BCUT2D eigenvalue weighted by Gasteiger charge is -2.18. The molecule has 1 aromatic carbocycles. The smallest absolute Gasteiger partial charge is 0.230 e. The molecule has 0 aliphatic heterocycles. The Balaban J connectivity index is 2.49. The van der Waals surface area contributed by atoms with Gasteiger partial charge in [0, 0.05) is 19.2 Å². The second kappa shape index (κ2) is 6.67. The van der Waals surface area contributed by atoms with Crippen LogP contribution in [0.25, 0.3) is 11.4 Å². The number of anilines is 1. The van der Waals surface area contributed by atoms with Crippen LogP contribution in [-0.4, -0.2) is 35.2 Å². The first-order valence-corrected chi connectivity index (χ1v) is 6.97. The fourth-order valence-electron chi connectivity index (χ4n) is 1.91. The number of nitrogens with zero attached hydrogens (tertiary/aromatic N) is 4. The van der Waals surface area contributed by atoms with Gasteiger partial charge in [-0.05, 0) is 37.6 Å². The Kier molecular flexibility index (Phi) is 4.90. The van der Waals surface area contributed by atoms with Crippen molar-refractivity contribution >= 4 is 17.5 Å². The van der Waals surface area contributed by atoms with Gasteiger partial charge < -0.3 is 9.64 Å². The van der Waals surface area contributed by atoms with Crippen LogP contribution < -0.4 is 9.64 Å². The molecular weight excluding hydrogens is 295 g/mol. The summed E-state index contributed by atoms with van der Waals surface area (Å²) in [5.41, 5.74) is 0.258. The fourth-order valence-corrected chi connectivity index (χ4v) is 2.07. The van der Waals surface area contributed by atoms with Gasteiger partial charge in [-0.2, -0.15) is 15.0 Å². The van der Waals surface area contributed by atoms with Gasteiger partial charge in [-0.3, -0.25) is 0 Å². The zero-order chi connectivity index (χ0) is 15.4. The van der Waals surface area contributed by atoms with Crippen LogP contribution in [0.2, 0.25) is 5.28 Å². The van der Waals surface area contributed by atoms with Crippen molar-refractivity contribution in [2.45, 2.75) is 13.8 Å². The van der Waals surface area contributed by atoms with E-state index in [1.807, 2.05) is 18.7 Å². The van der Waals surface area contributed by atoms with Crippen molar-refractivity contribution in [1.82, 2.24) is 15.0 Å². The van der Waals surface area contributed by atoms with Crippen molar-refractivity contribution < 1.29 is 9.13 Å². The zero-order valence-electron chi connectivity index (χ0n) is 12.1. The molecule has 21 heavy (non-hydrogen) atoms. The minimum Gasteiger partial charge on any atom is -0.497 e. The average molecular weight is 311 g/mol. The first-order valence-electron chi connectivity index (χ1n) is 6.59. The lowest BCUT2D eigenvalue weighted by Crippen LogP contribution is -2.24. The standard InChI is InChI=1S/C14H16ClFN4O/c1-4-20(5-2)14-18-12(17-13(15)19-14)10-7-6-9(21-3)8-11(10)16/h6-8H,4-5H2,1-3H3. The molecule has 0 spiro atoms. The summed E-state index contributed by atoms with van der Waals surface area (Å²) in [5.74, 6) is 0.602. The summed E-state index contributed by atoms with van der Waals surface area (Å²) in [4.78, 5) is 14.3. The molecule has 0 atom stereocenters. The molecule has 1 aromatic heterocycles. The van der Waals surface area contributed by atoms with E-state index in [4.69, 9.17) is 16.3 Å². The predicted octanol–water partition coefficient (Wildman–Crippen LogP) is 3.19. The van der Waals surface area contributed by atoms with E-state index < -0.39 is 5.82 Å². The molecule has 1 heterocycles. The highest BCUT2D eigenvalue weighted by atomic mass is 35.5. The maximum Gasteiger partial charge on any atom is 0.230 e. The highest BCUT2D eigenvalue weighted by Gasteiger charge is 2.14. The molecule has 7 heteroatoms. The molecule has 0 unspecified atom stereocenters. The summed E-state index contributed by atoms with van der Waals surface area (Å²) >= 11 is 5.93. The Morgan fingerprint density at radius 3 is 2.48 bits per heavy atom. The molecule has 0 N–H and O–H groups in total. The molecule has 0 radical (unpaired) electrons. The maximum absolute atomic E-state index is 14.1. The van der Waals surface area contributed by atoms with E-state index in [1.54, 1.807) is 12.1 Å². The number of hydrogen-bond acceptors (Lipinski definition) is 5. The van der Waals surface area contributed by atoms with Crippen molar-refractivity contribution in [3.63, 3.8) is 0 Å². The SMILES string of the molecule is CCN(CC)c1nc(Cl)nc(-c2ccc(OC)cc2F)n1. The van der Waals surface area contributed by atoms with Gasteiger partial charge in [-0.1, -0.05) is 0 Å². The van der Waals surface area contributed by atoms with Gasteiger partial charge in [0.1, 0.15) is 11.6 Å². The first-order chi connectivity index (χ1) is 10.1. The molecule has 0 amide bonds. The predicted molar refractivity (Wildman–Crippen MR) is 80.3 cm³/mol. The van der Waals surface area contributed by atoms with Crippen molar-refractivity contribution in [2.24, 2.45) is 0 Å². The maximum atomic E-state index is 14.1. The van der Waals surface area contributed by atoms with Gasteiger partial charge in [0.25, 0.3) is 0 Å². The summed E-state index contributed by atoms with van der Waals surface area (Å²) in [6, 6.07) is 4.49. The van der Waals surface area contributed by atoms with Crippen LogP contribution in [0.1, 0.15) is 13.8 Å². The summed E-state index contributed by atoms with van der Waals surface area (Å²) in [5, 5.41) is 0.0390. The first kappa shape index (κ1) is 15.4. The number of hydrogen-bond donors (Lipinski definition) is 0. The number of ether oxygens (including phenoxy) is 1. The Hall–Kier alpha value is -1.95. The third kappa shape index (κ3) is 3.39. The van der Waals surface area contributed by atoms with E-state index >= 15 is 0 Å². The average Bonchev–Trinajstić information content (AvgIpc) is 2.47. The molecule has 0 bridgehead atoms. The number of benzene rings is 1. The second-order valence-corrected chi connectivity index (χ2v) is 4.58. The van der Waals surface area contributed by atoms with Crippen LogP contribution in [0.4, 0.5) is 10.3 Å². The highest BCUT2D eigenvalue weighted by molar-refractivity contribution is 6.28. The monoisotopic (exact) mass is 310 g/mol. The van der Waals surface area contributed by atoms with Gasteiger partial charge in [-0.15, -0.1) is 0 Å². The second-order valence-electron chi connectivity index (χ2n) is 4.25. The minimum absolute atomic E-state index is 0.0390. The molecule has 0 aliphatic carbocycles. The van der Waals surface area contributed by atoms with E-state index in [1.165, 1.54) is 13.2 Å². The Bertz CT molecular complexity index is 634. The van der Waals surface area contributed by atoms with Crippen LogP contribution in [0, 0.1) is 5.82 Å². The Labute approximate surface area is 127 Å². The molecule has 2 rings (SSSR count). The third-order valence-electron chi connectivity index (χ3n) is 3.06. The van der Waals surface area contributed by atoms with E-state index in [-0.39, 0.29) is 16.7 Å².